The fourth-order valence-corrected chi connectivity index (χ4v) is 1.62. The molecule has 0 spiro atoms. The smallest absolute Gasteiger partial charge is 0.133 e. The molecular formula is C10H13ClN2. The molecule has 1 fully saturated rings. The fourth-order valence-electron chi connectivity index (χ4n) is 1.41. The molecule has 13 heavy (non-hydrogen) atoms. The number of rotatable bonds is 3. The van der Waals surface area contributed by atoms with Crippen molar-refractivity contribution in [3.05, 3.63) is 22.7 Å². The standard InChI is InChI=1S/C10H13ClN2/c1-2-3-10-12-8(7-4-5-7)6-9(11)13-10/h6-7H,2-5H2,1H3. The highest BCUT2D eigenvalue weighted by atomic mass is 35.5. The fraction of sp³-hybridized carbons (Fsp3) is 0.600. The normalized spacial score (nSPS) is 16.2. The minimum Gasteiger partial charge on any atom is -0.238 e. The van der Waals surface area contributed by atoms with Crippen molar-refractivity contribution in [2.75, 3.05) is 0 Å². The maximum Gasteiger partial charge on any atom is 0.133 e. The van der Waals surface area contributed by atoms with Crippen molar-refractivity contribution in [3.8, 4) is 0 Å². The molecule has 1 aromatic heterocycles. The summed E-state index contributed by atoms with van der Waals surface area (Å²) in [4.78, 5) is 8.68. The van der Waals surface area contributed by atoms with Gasteiger partial charge in [0.2, 0.25) is 0 Å². The number of nitrogens with zero attached hydrogens (tertiary/aromatic N) is 2. The van der Waals surface area contributed by atoms with E-state index < -0.39 is 0 Å². The summed E-state index contributed by atoms with van der Waals surface area (Å²) in [5.41, 5.74) is 1.14. The second-order valence-electron chi connectivity index (χ2n) is 3.56. The lowest BCUT2D eigenvalue weighted by Crippen LogP contribution is -1.98. The van der Waals surface area contributed by atoms with E-state index in [1.807, 2.05) is 6.07 Å². The Hall–Kier alpha value is -0.630. The van der Waals surface area contributed by atoms with Gasteiger partial charge in [-0.2, -0.15) is 0 Å². The van der Waals surface area contributed by atoms with E-state index in [2.05, 4.69) is 16.9 Å². The Kier molecular flexibility index (Phi) is 2.49. The molecule has 0 saturated heterocycles. The van der Waals surface area contributed by atoms with E-state index in [1.54, 1.807) is 0 Å². The third-order valence-corrected chi connectivity index (χ3v) is 2.42. The van der Waals surface area contributed by atoms with Crippen LogP contribution >= 0.6 is 11.6 Å². The maximum absolute atomic E-state index is 5.91. The van der Waals surface area contributed by atoms with Gasteiger partial charge in [-0.15, -0.1) is 0 Å². The van der Waals surface area contributed by atoms with Crippen LogP contribution in [0.3, 0.4) is 0 Å². The van der Waals surface area contributed by atoms with E-state index in [1.165, 1.54) is 12.8 Å². The number of halogens is 1. The third kappa shape index (κ3) is 2.19. The average molecular weight is 197 g/mol. The Morgan fingerprint density at radius 2 is 2.23 bits per heavy atom. The van der Waals surface area contributed by atoms with E-state index in [-0.39, 0.29) is 0 Å². The zero-order valence-corrected chi connectivity index (χ0v) is 8.51. The van der Waals surface area contributed by atoms with Crippen LogP contribution < -0.4 is 0 Å². The Morgan fingerprint density at radius 3 is 2.85 bits per heavy atom. The Labute approximate surface area is 83.4 Å². The molecule has 0 amide bonds. The van der Waals surface area contributed by atoms with Gasteiger partial charge >= 0.3 is 0 Å². The average Bonchev–Trinajstić information content (AvgIpc) is 2.85. The van der Waals surface area contributed by atoms with Gasteiger partial charge in [0.25, 0.3) is 0 Å². The summed E-state index contributed by atoms with van der Waals surface area (Å²) in [5, 5.41) is 0.598. The van der Waals surface area contributed by atoms with Gasteiger partial charge in [-0.3, -0.25) is 0 Å². The second kappa shape index (κ2) is 3.62. The van der Waals surface area contributed by atoms with Crippen LogP contribution in [-0.2, 0) is 6.42 Å². The highest BCUT2D eigenvalue weighted by molar-refractivity contribution is 6.29. The van der Waals surface area contributed by atoms with Crippen LogP contribution in [0.4, 0.5) is 0 Å². The van der Waals surface area contributed by atoms with Crippen LogP contribution in [0, 0.1) is 0 Å². The number of hydrogen-bond acceptors (Lipinski definition) is 2. The minimum atomic E-state index is 0.598. The predicted octanol–water partition coefficient (Wildman–Crippen LogP) is 2.96. The highest BCUT2D eigenvalue weighted by Crippen LogP contribution is 2.39. The van der Waals surface area contributed by atoms with E-state index in [4.69, 9.17) is 11.6 Å². The Bertz CT molecular complexity index is 308. The molecule has 3 heteroatoms. The van der Waals surface area contributed by atoms with Gasteiger partial charge < -0.3 is 0 Å². The molecule has 2 rings (SSSR count). The number of aryl methyl sites for hydroxylation is 1. The minimum absolute atomic E-state index is 0.598. The van der Waals surface area contributed by atoms with Gasteiger partial charge in [0, 0.05) is 18.0 Å². The molecule has 0 radical (unpaired) electrons. The summed E-state index contributed by atoms with van der Waals surface area (Å²) in [5.74, 6) is 1.56. The van der Waals surface area contributed by atoms with Gasteiger partial charge in [0.05, 0.1) is 0 Å². The summed E-state index contributed by atoms with van der Waals surface area (Å²) < 4.78 is 0. The summed E-state index contributed by atoms with van der Waals surface area (Å²) in [6.07, 6.45) is 4.53. The summed E-state index contributed by atoms with van der Waals surface area (Å²) in [6, 6.07) is 1.90. The first kappa shape index (κ1) is 8.95. The second-order valence-corrected chi connectivity index (χ2v) is 3.94. The number of hydrogen-bond donors (Lipinski definition) is 0. The van der Waals surface area contributed by atoms with E-state index in [0.717, 1.165) is 24.4 Å². The first-order valence-corrected chi connectivity index (χ1v) is 5.20. The molecule has 0 N–H and O–H groups in total. The topological polar surface area (TPSA) is 25.8 Å². The SMILES string of the molecule is CCCc1nc(Cl)cc(C2CC2)n1. The van der Waals surface area contributed by atoms with Crippen molar-refractivity contribution < 1.29 is 0 Å². The van der Waals surface area contributed by atoms with Crippen LogP contribution in [0.1, 0.15) is 43.6 Å². The molecule has 1 aliphatic carbocycles. The summed E-state index contributed by atoms with van der Waals surface area (Å²) in [6.45, 7) is 2.13. The van der Waals surface area contributed by atoms with Crippen LogP contribution in [-0.4, -0.2) is 9.97 Å². The van der Waals surface area contributed by atoms with Crippen molar-refractivity contribution in [2.24, 2.45) is 0 Å². The van der Waals surface area contributed by atoms with Crippen molar-refractivity contribution in [1.29, 1.82) is 0 Å². The summed E-state index contributed by atoms with van der Waals surface area (Å²) in [7, 11) is 0. The molecule has 70 valence electrons. The Morgan fingerprint density at radius 1 is 1.46 bits per heavy atom. The van der Waals surface area contributed by atoms with Gasteiger partial charge in [-0.25, -0.2) is 9.97 Å². The van der Waals surface area contributed by atoms with Crippen LogP contribution in [0.5, 0.6) is 0 Å². The molecule has 0 bridgehead atoms. The zero-order valence-electron chi connectivity index (χ0n) is 7.76. The van der Waals surface area contributed by atoms with E-state index in [9.17, 15) is 0 Å². The quantitative estimate of drug-likeness (QED) is 0.695. The van der Waals surface area contributed by atoms with Crippen molar-refractivity contribution in [1.82, 2.24) is 9.97 Å². The lowest BCUT2D eigenvalue weighted by Gasteiger charge is -2.02. The maximum atomic E-state index is 5.91. The van der Waals surface area contributed by atoms with E-state index in [0.29, 0.717) is 11.1 Å². The van der Waals surface area contributed by atoms with Crippen molar-refractivity contribution in [3.63, 3.8) is 0 Å². The van der Waals surface area contributed by atoms with Gasteiger partial charge in [-0.05, 0) is 25.3 Å². The molecule has 0 unspecified atom stereocenters. The number of aromatic nitrogens is 2. The van der Waals surface area contributed by atoms with Crippen LogP contribution in [0.2, 0.25) is 5.15 Å². The molecule has 1 aromatic rings. The molecule has 1 heterocycles. The van der Waals surface area contributed by atoms with Gasteiger partial charge in [-0.1, -0.05) is 18.5 Å². The molecule has 1 saturated carbocycles. The lowest BCUT2D eigenvalue weighted by atomic mass is 10.2. The molecule has 0 aliphatic heterocycles. The predicted molar refractivity (Wildman–Crippen MR) is 53.0 cm³/mol. The zero-order chi connectivity index (χ0) is 9.26. The first-order chi connectivity index (χ1) is 6.29. The summed E-state index contributed by atoms with van der Waals surface area (Å²) >= 11 is 5.91. The Balaban J connectivity index is 2.25. The van der Waals surface area contributed by atoms with Gasteiger partial charge in [0.1, 0.15) is 11.0 Å². The first-order valence-electron chi connectivity index (χ1n) is 4.83. The van der Waals surface area contributed by atoms with E-state index >= 15 is 0 Å². The molecule has 2 nitrogen and oxygen atoms in total. The van der Waals surface area contributed by atoms with Crippen LogP contribution in [0.15, 0.2) is 6.07 Å². The largest absolute Gasteiger partial charge is 0.238 e. The molecular weight excluding hydrogens is 184 g/mol. The van der Waals surface area contributed by atoms with Gasteiger partial charge in [0.15, 0.2) is 0 Å². The van der Waals surface area contributed by atoms with Crippen molar-refractivity contribution >= 4 is 11.6 Å². The monoisotopic (exact) mass is 196 g/mol. The molecule has 0 atom stereocenters. The lowest BCUT2D eigenvalue weighted by molar-refractivity contribution is 0.811. The third-order valence-electron chi connectivity index (χ3n) is 2.23. The van der Waals surface area contributed by atoms with Crippen LogP contribution in [0.25, 0.3) is 0 Å². The molecule has 0 aromatic carbocycles. The van der Waals surface area contributed by atoms with Crippen molar-refractivity contribution in [2.45, 2.75) is 38.5 Å². The molecule has 1 aliphatic rings. The highest BCUT2D eigenvalue weighted by Gasteiger charge is 2.25.